The van der Waals surface area contributed by atoms with Crippen molar-refractivity contribution in [3.8, 4) is 0 Å². The molecule has 1 aromatic carbocycles. The Morgan fingerprint density at radius 1 is 1.43 bits per heavy atom. The van der Waals surface area contributed by atoms with E-state index in [2.05, 4.69) is 26.2 Å². The van der Waals surface area contributed by atoms with Crippen LogP contribution in [0.15, 0.2) is 34.1 Å². The number of carbonyl (C=O) groups is 2. The van der Waals surface area contributed by atoms with Crippen molar-refractivity contribution in [3.63, 3.8) is 0 Å². The summed E-state index contributed by atoms with van der Waals surface area (Å²) in [5, 5.41) is 14.6. The van der Waals surface area contributed by atoms with Gasteiger partial charge in [-0.1, -0.05) is 28.1 Å². The van der Waals surface area contributed by atoms with Gasteiger partial charge < -0.3 is 10.4 Å². The molecule has 1 heterocycles. The molecule has 0 spiro atoms. The molecule has 120 valence electrons. The molecule has 1 fully saturated rings. The number of carboxylic acids is 1. The molecule has 0 radical (unpaired) electrons. The number of carboxylic acid groups (broad SMARTS) is 1. The number of hydrogen-bond acceptors (Lipinski definition) is 4. The minimum atomic E-state index is -0.966. The highest BCUT2D eigenvalue weighted by Gasteiger charge is 2.28. The fourth-order valence-electron chi connectivity index (χ4n) is 2.29. The summed E-state index contributed by atoms with van der Waals surface area (Å²) in [4.78, 5) is 27.9. The molecule has 1 amide bonds. The molecule has 1 atom stereocenters. The summed E-state index contributed by atoms with van der Waals surface area (Å²) in [6, 6.07) is 6.68. The highest BCUT2D eigenvalue weighted by Crippen LogP contribution is 2.41. The Morgan fingerprint density at radius 3 is 2.87 bits per heavy atom. The Kier molecular flexibility index (Phi) is 4.77. The van der Waals surface area contributed by atoms with Crippen molar-refractivity contribution in [3.05, 3.63) is 50.4 Å². The molecule has 0 aliphatic heterocycles. The second kappa shape index (κ2) is 6.80. The maximum Gasteiger partial charge on any atom is 0.305 e. The first-order valence-corrected chi connectivity index (χ1v) is 8.93. The number of aliphatic carboxylic acids is 1. The number of amides is 1. The maximum atomic E-state index is 12.4. The van der Waals surface area contributed by atoms with E-state index in [9.17, 15) is 9.59 Å². The number of benzene rings is 1. The molecule has 2 N–H and O–H groups in total. The summed E-state index contributed by atoms with van der Waals surface area (Å²) in [7, 11) is 0. The predicted octanol–water partition coefficient (Wildman–Crippen LogP) is 3.73. The summed E-state index contributed by atoms with van der Waals surface area (Å²) in [6.45, 7) is 0. The molecule has 23 heavy (non-hydrogen) atoms. The molecule has 1 aliphatic carbocycles. The predicted molar refractivity (Wildman–Crippen MR) is 90.7 cm³/mol. The maximum absolute atomic E-state index is 12.4. The summed E-state index contributed by atoms with van der Waals surface area (Å²) in [6.07, 6.45) is 2.09. The Bertz CT molecular complexity index is 742. The highest BCUT2D eigenvalue weighted by atomic mass is 79.9. The van der Waals surface area contributed by atoms with Gasteiger partial charge in [0, 0.05) is 15.8 Å². The third-order valence-corrected chi connectivity index (χ3v) is 5.12. The summed E-state index contributed by atoms with van der Waals surface area (Å²) in [5.74, 6) is -0.798. The number of thiazole rings is 1. The van der Waals surface area contributed by atoms with E-state index in [1.165, 1.54) is 11.3 Å². The molecule has 3 rings (SSSR count). The zero-order chi connectivity index (χ0) is 16.4. The summed E-state index contributed by atoms with van der Waals surface area (Å²) >= 11 is 4.86. The van der Waals surface area contributed by atoms with Crippen molar-refractivity contribution >= 4 is 39.1 Å². The van der Waals surface area contributed by atoms with Crippen LogP contribution in [0, 0.1) is 0 Å². The van der Waals surface area contributed by atoms with Crippen LogP contribution in [0.25, 0.3) is 0 Å². The van der Waals surface area contributed by atoms with Gasteiger partial charge in [0.2, 0.25) is 0 Å². The Balaban J connectivity index is 1.76. The first-order chi connectivity index (χ1) is 11.0. The van der Waals surface area contributed by atoms with E-state index < -0.39 is 12.0 Å². The van der Waals surface area contributed by atoms with Crippen LogP contribution in [0.2, 0.25) is 0 Å². The Labute approximate surface area is 145 Å². The van der Waals surface area contributed by atoms with Gasteiger partial charge in [-0.2, -0.15) is 0 Å². The molecule has 7 heteroatoms. The van der Waals surface area contributed by atoms with Crippen LogP contribution in [0.3, 0.4) is 0 Å². The lowest BCUT2D eigenvalue weighted by Crippen LogP contribution is -2.30. The largest absolute Gasteiger partial charge is 0.481 e. The average molecular weight is 395 g/mol. The fraction of sp³-hybridized carbons (Fsp3) is 0.312. The van der Waals surface area contributed by atoms with Crippen molar-refractivity contribution in [1.29, 1.82) is 0 Å². The van der Waals surface area contributed by atoms with Gasteiger partial charge >= 0.3 is 5.97 Å². The third-order valence-electron chi connectivity index (χ3n) is 3.62. The number of nitrogens with zero attached hydrogens (tertiary/aromatic N) is 1. The van der Waals surface area contributed by atoms with Crippen LogP contribution in [-0.2, 0) is 4.79 Å². The Hall–Kier alpha value is -1.73. The zero-order valence-electron chi connectivity index (χ0n) is 12.2. The molecule has 1 aromatic heterocycles. The van der Waals surface area contributed by atoms with Crippen molar-refractivity contribution in [2.45, 2.75) is 31.2 Å². The first-order valence-electron chi connectivity index (χ1n) is 7.26. The minimum Gasteiger partial charge on any atom is -0.481 e. The van der Waals surface area contributed by atoms with E-state index in [-0.39, 0.29) is 12.3 Å². The number of carbonyl (C=O) groups excluding carboxylic acids is 1. The standard InChI is InChI=1S/C16H15BrN2O3S/c17-11-3-1-2-10(6-11)12(7-14(20)21)18-15(22)13-8-23-16(19-13)9-4-5-9/h1-3,6,8-9,12H,4-5,7H2,(H,18,22)(H,20,21)/t12-/m0/s1. The van der Waals surface area contributed by atoms with Crippen molar-refractivity contribution in [1.82, 2.24) is 10.3 Å². The average Bonchev–Trinajstić information content (AvgIpc) is 3.23. The second-order valence-electron chi connectivity index (χ2n) is 5.52. The number of halogens is 1. The van der Waals surface area contributed by atoms with Gasteiger partial charge in [-0.3, -0.25) is 9.59 Å². The molecule has 5 nitrogen and oxygen atoms in total. The van der Waals surface area contributed by atoms with E-state index >= 15 is 0 Å². The molecule has 1 saturated carbocycles. The molecule has 0 saturated heterocycles. The van der Waals surface area contributed by atoms with Gasteiger partial charge in [0.25, 0.3) is 5.91 Å². The van der Waals surface area contributed by atoms with E-state index in [4.69, 9.17) is 5.11 Å². The van der Waals surface area contributed by atoms with Gasteiger partial charge in [0.1, 0.15) is 5.69 Å². The van der Waals surface area contributed by atoms with Crippen LogP contribution in [0.4, 0.5) is 0 Å². The number of rotatable bonds is 6. The van der Waals surface area contributed by atoms with Crippen LogP contribution in [-0.4, -0.2) is 22.0 Å². The number of nitrogens with one attached hydrogen (secondary N) is 1. The van der Waals surface area contributed by atoms with Gasteiger partial charge in [-0.15, -0.1) is 11.3 Å². The fourth-order valence-corrected chi connectivity index (χ4v) is 3.68. The molecule has 0 unspecified atom stereocenters. The summed E-state index contributed by atoms with van der Waals surface area (Å²) < 4.78 is 0.837. The van der Waals surface area contributed by atoms with Gasteiger partial charge in [0.15, 0.2) is 0 Å². The van der Waals surface area contributed by atoms with E-state index in [1.807, 2.05) is 18.2 Å². The quantitative estimate of drug-likeness (QED) is 0.781. The summed E-state index contributed by atoms with van der Waals surface area (Å²) in [5.41, 5.74) is 1.11. The molecule has 1 aliphatic rings. The van der Waals surface area contributed by atoms with E-state index in [0.717, 1.165) is 27.9 Å². The lowest BCUT2D eigenvalue weighted by Gasteiger charge is -2.17. The van der Waals surface area contributed by atoms with Gasteiger partial charge in [-0.05, 0) is 30.5 Å². The van der Waals surface area contributed by atoms with Crippen molar-refractivity contribution in [2.75, 3.05) is 0 Å². The van der Waals surface area contributed by atoms with Crippen molar-refractivity contribution < 1.29 is 14.7 Å². The van der Waals surface area contributed by atoms with E-state index in [1.54, 1.807) is 11.4 Å². The van der Waals surface area contributed by atoms with Crippen LogP contribution in [0.5, 0.6) is 0 Å². The first kappa shape index (κ1) is 16.1. The van der Waals surface area contributed by atoms with Crippen LogP contribution < -0.4 is 5.32 Å². The van der Waals surface area contributed by atoms with Crippen LogP contribution >= 0.6 is 27.3 Å². The smallest absolute Gasteiger partial charge is 0.305 e. The highest BCUT2D eigenvalue weighted by molar-refractivity contribution is 9.10. The van der Waals surface area contributed by atoms with Crippen molar-refractivity contribution in [2.24, 2.45) is 0 Å². The van der Waals surface area contributed by atoms with Crippen LogP contribution in [0.1, 0.15) is 52.3 Å². The lowest BCUT2D eigenvalue weighted by molar-refractivity contribution is -0.137. The SMILES string of the molecule is O=C(O)C[C@H](NC(=O)c1csc(C2CC2)n1)c1cccc(Br)c1. The monoisotopic (exact) mass is 394 g/mol. The number of aromatic nitrogens is 1. The van der Waals surface area contributed by atoms with Gasteiger partial charge in [-0.25, -0.2) is 4.98 Å². The molecular formula is C16H15BrN2O3S. The normalized spacial score (nSPS) is 15.2. The minimum absolute atomic E-state index is 0.179. The third kappa shape index (κ3) is 4.17. The topological polar surface area (TPSA) is 79.3 Å². The molecular weight excluding hydrogens is 380 g/mol. The zero-order valence-corrected chi connectivity index (χ0v) is 14.6. The molecule has 0 bridgehead atoms. The lowest BCUT2D eigenvalue weighted by atomic mass is 10.0. The Morgan fingerprint density at radius 2 is 2.22 bits per heavy atom. The van der Waals surface area contributed by atoms with Gasteiger partial charge in [0.05, 0.1) is 17.5 Å². The second-order valence-corrected chi connectivity index (χ2v) is 7.33. The number of hydrogen-bond donors (Lipinski definition) is 2. The van der Waals surface area contributed by atoms with E-state index in [0.29, 0.717) is 11.6 Å². The molecule has 2 aromatic rings.